The van der Waals surface area contributed by atoms with Crippen molar-refractivity contribution in [2.75, 3.05) is 11.5 Å². The van der Waals surface area contributed by atoms with Crippen LogP contribution in [0.25, 0.3) is 0 Å². The Morgan fingerprint density at radius 2 is 2.24 bits per heavy atom. The van der Waals surface area contributed by atoms with Crippen molar-refractivity contribution in [1.82, 2.24) is 5.32 Å². The molecule has 0 aromatic heterocycles. The van der Waals surface area contributed by atoms with Crippen molar-refractivity contribution in [3.05, 3.63) is 29.3 Å². The van der Waals surface area contributed by atoms with Gasteiger partial charge in [0, 0.05) is 22.9 Å². The Kier molecular flexibility index (Phi) is 5.35. The van der Waals surface area contributed by atoms with Gasteiger partial charge in [-0.25, -0.2) is 0 Å². The number of hydrogen-bond donors (Lipinski definition) is 2. The summed E-state index contributed by atoms with van der Waals surface area (Å²) in [7, 11) is 0. The van der Waals surface area contributed by atoms with Crippen LogP contribution in [-0.4, -0.2) is 28.6 Å². The summed E-state index contributed by atoms with van der Waals surface area (Å²) >= 11 is 1.80. The molecular weight excluding hydrogens is 234 g/mol. The van der Waals surface area contributed by atoms with Crippen LogP contribution in [0.3, 0.4) is 0 Å². The molecule has 1 unspecified atom stereocenters. The van der Waals surface area contributed by atoms with E-state index >= 15 is 0 Å². The van der Waals surface area contributed by atoms with Crippen molar-refractivity contribution in [1.29, 1.82) is 0 Å². The Labute approximate surface area is 107 Å². The SMILES string of the molecule is CCSCC(C)NC(=O)c1cccc(O)c1C. The summed E-state index contributed by atoms with van der Waals surface area (Å²) < 4.78 is 0. The Morgan fingerprint density at radius 3 is 2.88 bits per heavy atom. The highest BCUT2D eigenvalue weighted by atomic mass is 32.2. The summed E-state index contributed by atoms with van der Waals surface area (Å²) in [5.41, 5.74) is 1.17. The zero-order valence-corrected chi connectivity index (χ0v) is 11.3. The van der Waals surface area contributed by atoms with E-state index in [2.05, 4.69) is 12.2 Å². The predicted octanol–water partition coefficient (Wildman–Crippen LogP) is 2.57. The zero-order chi connectivity index (χ0) is 12.8. The summed E-state index contributed by atoms with van der Waals surface area (Å²) in [4.78, 5) is 12.0. The van der Waals surface area contributed by atoms with Crippen LogP contribution in [0.15, 0.2) is 18.2 Å². The van der Waals surface area contributed by atoms with Crippen molar-refractivity contribution in [2.45, 2.75) is 26.8 Å². The first kappa shape index (κ1) is 13.9. The van der Waals surface area contributed by atoms with Gasteiger partial charge in [-0.05, 0) is 31.7 Å². The topological polar surface area (TPSA) is 49.3 Å². The summed E-state index contributed by atoms with van der Waals surface area (Å²) in [6.07, 6.45) is 0. The lowest BCUT2D eigenvalue weighted by molar-refractivity contribution is 0.0942. The van der Waals surface area contributed by atoms with E-state index in [1.54, 1.807) is 36.9 Å². The van der Waals surface area contributed by atoms with Gasteiger partial charge < -0.3 is 10.4 Å². The zero-order valence-electron chi connectivity index (χ0n) is 10.5. The van der Waals surface area contributed by atoms with Gasteiger partial charge >= 0.3 is 0 Å². The molecule has 1 amide bonds. The van der Waals surface area contributed by atoms with Crippen molar-refractivity contribution < 1.29 is 9.90 Å². The number of carbonyl (C=O) groups is 1. The molecule has 0 spiro atoms. The van der Waals surface area contributed by atoms with Gasteiger partial charge in [0.2, 0.25) is 0 Å². The lowest BCUT2D eigenvalue weighted by atomic mass is 10.1. The number of benzene rings is 1. The molecule has 0 fully saturated rings. The van der Waals surface area contributed by atoms with Crippen LogP contribution in [0.1, 0.15) is 29.8 Å². The van der Waals surface area contributed by atoms with Gasteiger partial charge in [0.05, 0.1) is 0 Å². The predicted molar refractivity (Wildman–Crippen MR) is 72.8 cm³/mol. The maximum Gasteiger partial charge on any atom is 0.251 e. The third kappa shape index (κ3) is 3.97. The molecule has 3 nitrogen and oxygen atoms in total. The summed E-state index contributed by atoms with van der Waals surface area (Å²) in [5.74, 6) is 1.99. The van der Waals surface area contributed by atoms with E-state index in [4.69, 9.17) is 0 Å². The number of carbonyl (C=O) groups excluding carboxylic acids is 1. The Bertz CT molecular complexity index is 393. The molecule has 0 bridgehead atoms. The summed E-state index contributed by atoms with van der Waals surface area (Å²) in [6, 6.07) is 5.13. The molecule has 1 aromatic carbocycles. The van der Waals surface area contributed by atoms with Crippen molar-refractivity contribution in [3.63, 3.8) is 0 Å². The van der Waals surface area contributed by atoms with Crippen LogP contribution in [0, 0.1) is 6.92 Å². The minimum atomic E-state index is -0.123. The number of aromatic hydroxyl groups is 1. The molecule has 2 N–H and O–H groups in total. The van der Waals surface area contributed by atoms with Crippen molar-refractivity contribution >= 4 is 17.7 Å². The van der Waals surface area contributed by atoms with Crippen LogP contribution < -0.4 is 5.32 Å². The van der Waals surface area contributed by atoms with Gasteiger partial charge in [-0.15, -0.1) is 0 Å². The first-order chi connectivity index (χ1) is 8.06. The third-order valence-electron chi connectivity index (χ3n) is 2.50. The van der Waals surface area contributed by atoms with Crippen molar-refractivity contribution in [2.24, 2.45) is 0 Å². The van der Waals surface area contributed by atoms with Gasteiger partial charge in [-0.1, -0.05) is 13.0 Å². The molecular formula is C13H19NO2S. The Hall–Kier alpha value is -1.16. The van der Waals surface area contributed by atoms with Crippen LogP contribution >= 0.6 is 11.8 Å². The molecule has 0 aliphatic rings. The number of amides is 1. The fourth-order valence-corrected chi connectivity index (χ4v) is 2.18. The van der Waals surface area contributed by atoms with Crippen LogP contribution in [0.5, 0.6) is 5.75 Å². The summed E-state index contributed by atoms with van der Waals surface area (Å²) in [6.45, 7) is 5.83. The largest absolute Gasteiger partial charge is 0.508 e. The number of phenols is 1. The molecule has 1 aromatic rings. The van der Waals surface area contributed by atoms with Crippen LogP contribution in [0.4, 0.5) is 0 Å². The molecule has 0 aliphatic heterocycles. The monoisotopic (exact) mass is 253 g/mol. The number of phenolic OH excluding ortho intramolecular Hbond substituents is 1. The second-order valence-corrected chi connectivity index (χ2v) is 5.30. The van der Waals surface area contributed by atoms with E-state index in [9.17, 15) is 9.90 Å². The van der Waals surface area contributed by atoms with Gasteiger partial charge in [0.15, 0.2) is 0 Å². The Balaban J connectivity index is 2.67. The van der Waals surface area contributed by atoms with E-state index in [0.717, 1.165) is 11.5 Å². The first-order valence-corrected chi connectivity index (χ1v) is 6.89. The second kappa shape index (κ2) is 6.55. The Morgan fingerprint density at radius 1 is 1.53 bits per heavy atom. The van der Waals surface area contributed by atoms with Gasteiger partial charge in [0.1, 0.15) is 5.75 Å². The first-order valence-electron chi connectivity index (χ1n) is 5.73. The molecule has 0 aliphatic carbocycles. The van der Waals surface area contributed by atoms with E-state index < -0.39 is 0 Å². The molecule has 0 heterocycles. The fraction of sp³-hybridized carbons (Fsp3) is 0.462. The number of thioether (sulfide) groups is 1. The second-order valence-electron chi connectivity index (χ2n) is 3.98. The average molecular weight is 253 g/mol. The normalized spacial score (nSPS) is 12.2. The lowest BCUT2D eigenvalue weighted by Crippen LogP contribution is -2.34. The van der Waals surface area contributed by atoms with E-state index in [-0.39, 0.29) is 17.7 Å². The van der Waals surface area contributed by atoms with Gasteiger partial charge in [-0.2, -0.15) is 11.8 Å². The van der Waals surface area contributed by atoms with Gasteiger partial charge in [-0.3, -0.25) is 4.79 Å². The fourth-order valence-electron chi connectivity index (χ4n) is 1.51. The van der Waals surface area contributed by atoms with E-state index in [1.165, 1.54) is 0 Å². The molecule has 94 valence electrons. The maximum atomic E-state index is 12.0. The standard InChI is InChI=1S/C13H19NO2S/c1-4-17-8-9(2)14-13(16)11-6-5-7-12(15)10(11)3/h5-7,9,15H,4,8H2,1-3H3,(H,14,16). The average Bonchev–Trinajstić information content (AvgIpc) is 2.29. The minimum absolute atomic E-state index is 0.123. The van der Waals surface area contributed by atoms with Crippen LogP contribution in [0.2, 0.25) is 0 Å². The number of nitrogens with one attached hydrogen (secondary N) is 1. The van der Waals surface area contributed by atoms with Crippen LogP contribution in [-0.2, 0) is 0 Å². The van der Waals surface area contributed by atoms with Gasteiger partial charge in [0.25, 0.3) is 5.91 Å². The molecule has 0 saturated carbocycles. The molecule has 17 heavy (non-hydrogen) atoms. The van der Waals surface area contributed by atoms with E-state index in [1.807, 2.05) is 6.92 Å². The third-order valence-corrected chi connectivity index (χ3v) is 3.64. The highest BCUT2D eigenvalue weighted by molar-refractivity contribution is 7.99. The number of rotatable bonds is 5. The quantitative estimate of drug-likeness (QED) is 0.848. The molecule has 0 radical (unpaired) electrons. The smallest absolute Gasteiger partial charge is 0.251 e. The molecule has 1 rings (SSSR count). The minimum Gasteiger partial charge on any atom is -0.508 e. The van der Waals surface area contributed by atoms with E-state index in [0.29, 0.717) is 11.1 Å². The number of hydrogen-bond acceptors (Lipinski definition) is 3. The van der Waals surface area contributed by atoms with Crippen molar-refractivity contribution in [3.8, 4) is 5.75 Å². The molecule has 1 atom stereocenters. The molecule has 4 heteroatoms. The highest BCUT2D eigenvalue weighted by Gasteiger charge is 2.13. The maximum absolute atomic E-state index is 12.0. The summed E-state index contributed by atoms with van der Waals surface area (Å²) in [5, 5.41) is 12.5. The highest BCUT2D eigenvalue weighted by Crippen LogP contribution is 2.19. The molecule has 0 saturated heterocycles. The lowest BCUT2D eigenvalue weighted by Gasteiger charge is -2.14.